The first-order chi connectivity index (χ1) is 12.0. The topological polar surface area (TPSA) is 46.9 Å². The second-order valence-electron chi connectivity index (χ2n) is 8.80. The monoisotopic (exact) mass is 356 g/mol. The molecule has 2 aromatic rings. The smallest absolute Gasteiger partial charge is 0.0640 e. The third-order valence-electron chi connectivity index (χ3n) is 4.33. The summed E-state index contributed by atoms with van der Waals surface area (Å²) in [6.45, 7) is 11.8. The SMILES string of the molecule is CC(C)(C)N(O)c1ccc(CCc2ccc(N(O)C(C)(C)C)cc2)cc1. The van der Waals surface area contributed by atoms with Crippen LogP contribution in [-0.2, 0) is 12.8 Å². The molecule has 2 aromatic carbocycles. The number of aryl methyl sites for hydroxylation is 2. The quantitative estimate of drug-likeness (QED) is 0.698. The Balaban J connectivity index is 1.97. The van der Waals surface area contributed by atoms with Crippen LogP contribution in [0.4, 0.5) is 11.4 Å². The van der Waals surface area contributed by atoms with Crippen LogP contribution in [0.5, 0.6) is 0 Å². The number of anilines is 2. The summed E-state index contributed by atoms with van der Waals surface area (Å²) in [6, 6.07) is 16.1. The molecule has 4 heteroatoms. The van der Waals surface area contributed by atoms with Gasteiger partial charge in [0.05, 0.1) is 22.5 Å². The Hall–Kier alpha value is -2.04. The van der Waals surface area contributed by atoms with E-state index in [1.54, 1.807) is 0 Å². The fourth-order valence-electron chi connectivity index (χ4n) is 2.67. The van der Waals surface area contributed by atoms with Gasteiger partial charge in [-0.25, -0.2) is 0 Å². The lowest BCUT2D eigenvalue weighted by Crippen LogP contribution is -2.38. The van der Waals surface area contributed by atoms with Gasteiger partial charge in [0.25, 0.3) is 0 Å². The average Bonchev–Trinajstić information content (AvgIpc) is 2.58. The highest BCUT2D eigenvalue weighted by molar-refractivity contribution is 5.48. The highest BCUT2D eigenvalue weighted by Crippen LogP contribution is 2.24. The minimum Gasteiger partial charge on any atom is -0.288 e. The molecule has 0 saturated heterocycles. The summed E-state index contributed by atoms with van der Waals surface area (Å²) >= 11 is 0. The minimum atomic E-state index is -0.323. The van der Waals surface area contributed by atoms with E-state index >= 15 is 0 Å². The van der Waals surface area contributed by atoms with Crippen LogP contribution in [0.3, 0.4) is 0 Å². The van der Waals surface area contributed by atoms with E-state index in [0.29, 0.717) is 0 Å². The van der Waals surface area contributed by atoms with Gasteiger partial charge in [-0.1, -0.05) is 24.3 Å². The molecule has 0 aliphatic carbocycles. The molecule has 26 heavy (non-hydrogen) atoms. The molecule has 2 rings (SSSR count). The van der Waals surface area contributed by atoms with Gasteiger partial charge in [-0.3, -0.25) is 20.5 Å². The molecule has 0 radical (unpaired) electrons. The van der Waals surface area contributed by atoms with Crippen molar-refractivity contribution in [2.75, 3.05) is 10.1 Å². The van der Waals surface area contributed by atoms with E-state index in [0.717, 1.165) is 24.2 Å². The molecular formula is C22H32N2O2. The van der Waals surface area contributed by atoms with Crippen molar-refractivity contribution in [3.8, 4) is 0 Å². The molecule has 2 N–H and O–H groups in total. The van der Waals surface area contributed by atoms with Crippen molar-refractivity contribution in [1.82, 2.24) is 0 Å². The third-order valence-corrected chi connectivity index (χ3v) is 4.33. The maximum Gasteiger partial charge on any atom is 0.0640 e. The Kier molecular flexibility index (Phi) is 5.99. The summed E-state index contributed by atoms with van der Waals surface area (Å²) in [5.74, 6) is 0. The largest absolute Gasteiger partial charge is 0.288 e. The van der Waals surface area contributed by atoms with Crippen LogP contribution in [-0.4, -0.2) is 21.5 Å². The number of hydrogen-bond donors (Lipinski definition) is 2. The fraction of sp³-hybridized carbons (Fsp3) is 0.455. The van der Waals surface area contributed by atoms with Gasteiger partial charge in [-0.2, -0.15) is 0 Å². The van der Waals surface area contributed by atoms with E-state index < -0.39 is 0 Å². The Morgan fingerprint density at radius 2 is 0.846 bits per heavy atom. The number of hydrogen-bond acceptors (Lipinski definition) is 4. The lowest BCUT2D eigenvalue weighted by atomic mass is 10.0. The van der Waals surface area contributed by atoms with Crippen LogP contribution in [0.15, 0.2) is 48.5 Å². The second-order valence-corrected chi connectivity index (χ2v) is 8.80. The summed E-state index contributed by atoms with van der Waals surface area (Å²) in [5, 5.41) is 23.0. The minimum absolute atomic E-state index is 0.323. The first-order valence-electron chi connectivity index (χ1n) is 9.14. The molecule has 0 atom stereocenters. The van der Waals surface area contributed by atoms with Crippen LogP contribution in [0.1, 0.15) is 52.7 Å². The zero-order valence-electron chi connectivity index (χ0n) is 16.8. The number of rotatable bonds is 5. The molecule has 0 amide bonds. The van der Waals surface area contributed by atoms with Gasteiger partial charge in [0.1, 0.15) is 0 Å². The zero-order valence-corrected chi connectivity index (χ0v) is 16.8. The van der Waals surface area contributed by atoms with Gasteiger partial charge in [-0.15, -0.1) is 0 Å². The van der Waals surface area contributed by atoms with Gasteiger partial charge >= 0.3 is 0 Å². The van der Waals surface area contributed by atoms with Crippen LogP contribution >= 0.6 is 0 Å². The van der Waals surface area contributed by atoms with Crippen molar-refractivity contribution >= 4 is 11.4 Å². The molecule has 0 aromatic heterocycles. The third kappa shape index (κ3) is 5.23. The summed E-state index contributed by atoms with van der Waals surface area (Å²) in [4.78, 5) is 0. The standard InChI is InChI=1S/C22H32N2O2/c1-21(2,3)23(25)19-13-9-17(10-14-19)7-8-18-11-15-20(16-12-18)24(26)22(4,5)6/h9-16,25-26H,7-8H2,1-6H3. The molecule has 0 heterocycles. The molecule has 0 unspecified atom stereocenters. The lowest BCUT2D eigenvalue weighted by molar-refractivity contribution is 0.181. The Labute approximate surface area is 157 Å². The summed E-state index contributed by atoms with van der Waals surface area (Å²) < 4.78 is 0. The van der Waals surface area contributed by atoms with Crippen molar-refractivity contribution in [1.29, 1.82) is 0 Å². The molecule has 0 aliphatic heterocycles. The van der Waals surface area contributed by atoms with Crippen molar-refractivity contribution < 1.29 is 10.4 Å². The maximum absolute atomic E-state index is 10.2. The Bertz CT molecular complexity index is 631. The molecule has 0 aliphatic rings. The highest BCUT2D eigenvalue weighted by atomic mass is 16.5. The van der Waals surface area contributed by atoms with Crippen molar-refractivity contribution in [3.05, 3.63) is 59.7 Å². The van der Waals surface area contributed by atoms with Crippen LogP contribution in [0.25, 0.3) is 0 Å². The van der Waals surface area contributed by atoms with E-state index in [9.17, 15) is 10.4 Å². The lowest BCUT2D eigenvalue weighted by Gasteiger charge is -2.31. The van der Waals surface area contributed by atoms with Crippen LogP contribution in [0, 0.1) is 0 Å². The number of benzene rings is 2. The van der Waals surface area contributed by atoms with Gasteiger partial charge < -0.3 is 0 Å². The first-order valence-corrected chi connectivity index (χ1v) is 9.14. The Morgan fingerprint density at radius 1 is 0.577 bits per heavy atom. The van der Waals surface area contributed by atoms with Crippen molar-refractivity contribution in [3.63, 3.8) is 0 Å². The van der Waals surface area contributed by atoms with Crippen molar-refractivity contribution in [2.45, 2.75) is 65.5 Å². The summed E-state index contributed by atoms with van der Waals surface area (Å²) in [6.07, 6.45) is 1.87. The maximum atomic E-state index is 10.2. The molecule has 142 valence electrons. The molecule has 0 fully saturated rings. The van der Waals surface area contributed by atoms with Crippen LogP contribution in [0.2, 0.25) is 0 Å². The number of nitrogens with zero attached hydrogens (tertiary/aromatic N) is 2. The highest BCUT2D eigenvalue weighted by Gasteiger charge is 2.20. The second kappa shape index (κ2) is 7.68. The van der Waals surface area contributed by atoms with E-state index in [2.05, 4.69) is 24.3 Å². The fourth-order valence-corrected chi connectivity index (χ4v) is 2.67. The van der Waals surface area contributed by atoms with E-state index in [1.165, 1.54) is 21.3 Å². The van der Waals surface area contributed by atoms with E-state index in [4.69, 9.17) is 0 Å². The van der Waals surface area contributed by atoms with Gasteiger partial charge in [0.2, 0.25) is 0 Å². The van der Waals surface area contributed by atoms with E-state index in [-0.39, 0.29) is 11.1 Å². The van der Waals surface area contributed by atoms with Gasteiger partial charge in [0.15, 0.2) is 0 Å². The predicted octanol–water partition coefficient (Wildman–Crippen LogP) is 5.46. The molecule has 0 spiro atoms. The Morgan fingerprint density at radius 3 is 1.08 bits per heavy atom. The van der Waals surface area contributed by atoms with Crippen molar-refractivity contribution in [2.24, 2.45) is 0 Å². The summed E-state index contributed by atoms with van der Waals surface area (Å²) in [7, 11) is 0. The molecule has 0 saturated carbocycles. The molecule has 4 nitrogen and oxygen atoms in total. The number of hydroxylamine groups is 2. The molecular weight excluding hydrogens is 324 g/mol. The zero-order chi connectivity index (χ0) is 19.5. The van der Waals surface area contributed by atoms with Crippen LogP contribution < -0.4 is 10.1 Å². The first kappa shape index (κ1) is 20.3. The normalized spacial score (nSPS) is 12.2. The summed E-state index contributed by atoms with van der Waals surface area (Å²) in [5.41, 5.74) is 3.43. The van der Waals surface area contributed by atoms with Gasteiger partial charge in [0, 0.05) is 0 Å². The van der Waals surface area contributed by atoms with E-state index in [1.807, 2.05) is 65.8 Å². The van der Waals surface area contributed by atoms with Gasteiger partial charge in [-0.05, 0) is 89.8 Å². The molecule has 0 bridgehead atoms. The predicted molar refractivity (Wildman–Crippen MR) is 108 cm³/mol. The average molecular weight is 357 g/mol.